The van der Waals surface area contributed by atoms with Crippen molar-refractivity contribution in [1.82, 2.24) is 15.0 Å². The van der Waals surface area contributed by atoms with Gasteiger partial charge >= 0.3 is 12.0 Å². The molecular formula is C14H15BrN4O2. The molecule has 21 heavy (non-hydrogen) atoms. The van der Waals surface area contributed by atoms with Gasteiger partial charge in [-0.1, -0.05) is 27.2 Å². The average molecular weight is 351 g/mol. The molecule has 2 amide bonds. The average Bonchev–Trinajstić information content (AvgIpc) is 2.73. The molecular weight excluding hydrogens is 336 g/mol. The fraction of sp³-hybridized carbons (Fsp3) is 0.357. The number of hydrogen-bond acceptors (Lipinski definition) is 4. The number of aryl methyl sites for hydroxylation is 1. The minimum Gasteiger partial charge on any atom is -0.324 e. The number of urea groups is 1. The van der Waals surface area contributed by atoms with E-state index in [0.29, 0.717) is 18.9 Å². The van der Waals surface area contributed by atoms with Gasteiger partial charge in [-0.25, -0.2) is 4.79 Å². The van der Waals surface area contributed by atoms with E-state index in [2.05, 4.69) is 43.5 Å². The summed E-state index contributed by atoms with van der Waals surface area (Å²) >= 11 is 3.49. The van der Waals surface area contributed by atoms with Crippen LogP contribution in [0.5, 0.6) is 0 Å². The number of amides is 2. The minimum atomic E-state index is -0.203. The molecule has 2 heterocycles. The molecule has 1 aliphatic heterocycles. The van der Waals surface area contributed by atoms with Crippen LogP contribution in [-0.2, 0) is 12.8 Å². The third-order valence-electron chi connectivity index (χ3n) is 3.50. The molecule has 7 heteroatoms. The zero-order chi connectivity index (χ0) is 14.8. The Hall–Kier alpha value is -1.89. The van der Waals surface area contributed by atoms with Crippen LogP contribution in [-0.4, -0.2) is 34.2 Å². The Morgan fingerprint density at radius 1 is 1.33 bits per heavy atom. The van der Waals surface area contributed by atoms with Crippen molar-refractivity contribution in [3.05, 3.63) is 39.6 Å². The molecule has 2 aromatic rings. The van der Waals surface area contributed by atoms with Crippen LogP contribution >= 0.6 is 15.9 Å². The number of carbonyl (C=O) groups is 1. The van der Waals surface area contributed by atoms with Crippen LogP contribution in [0.25, 0.3) is 0 Å². The van der Waals surface area contributed by atoms with Crippen molar-refractivity contribution >= 4 is 28.0 Å². The monoisotopic (exact) mass is 350 g/mol. The zero-order valence-corrected chi connectivity index (χ0v) is 13.2. The van der Waals surface area contributed by atoms with Crippen LogP contribution < -0.4 is 5.32 Å². The highest BCUT2D eigenvalue weighted by Crippen LogP contribution is 2.21. The topological polar surface area (TPSA) is 71.3 Å². The van der Waals surface area contributed by atoms with Crippen LogP contribution in [0.3, 0.4) is 0 Å². The first-order valence-corrected chi connectivity index (χ1v) is 7.54. The van der Waals surface area contributed by atoms with Gasteiger partial charge in [0.2, 0.25) is 0 Å². The van der Waals surface area contributed by atoms with E-state index in [-0.39, 0.29) is 12.0 Å². The van der Waals surface area contributed by atoms with Crippen molar-refractivity contribution in [1.29, 1.82) is 0 Å². The number of benzene rings is 1. The molecule has 0 unspecified atom stereocenters. The van der Waals surface area contributed by atoms with Gasteiger partial charge in [-0.15, -0.1) is 0 Å². The second-order valence-electron chi connectivity index (χ2n) is 4.98. The first-order chi connectivity index (χ1) is 10.1. The van der Waals surface area contributed by atoms with Crippen molar-refractivity contribution in [2.24, 2.45) is 0 Å². The normalized spacial score (nSPS) is 14.5. The summed E-state index contributed by atoms with van der Waals surface area (Å²) in [7, 11) is 0. The molecule has 3 rings (SSSR count). The molecule has 0 saturated heterocycles. The number of rotatable bonds is 1. The molecule has 1 aromatic heterocycles. The second kappa shape index (κ2) is 5.85. The molecule has 0 aliphatic carbocycles. The highest BCUT2D eigenvalue weighted by Gasteiger charge is 2.20. The largest absolute Gasteiger partial charge is 0.329 e. The summed E-state index contributed by atoms with van der Waals surface area (Å²) in [6.45, 7) is 3.05. The van der Waals surface area contributed by atoms with Crippen LogP contribution in [0.4, 0.5) is 10.8 Å². The van der Waals surface area contributed by atoms with Gasteiger partial charge in [0.15, 0.2) is 5.82 Å². The van der Waals surface area contributed by atoms with Crippen molar-refractivity contribution in [3.63, 3.8) is 0 Å². The fourth-order valence-corrected chi connectivity index (χ4v) is 2.82. The Morgan fingerprint density at radius 3 is 2.81 bits per heavy atom. The molecule has 6 nitrogen and oxygen atoms in total. The molecule has 110 valence electrons. The van der Waals surface area contributed by atoms with E-state index in [1.165, 1.54) is 11.1 Å². The second-order valence-corrected chi connectivity index (χ2v) is 5.89. The van der Waals surface area contributed by atoms with Gasteiger partial charge in [-0.05, 0) is 43.0 Å². The predicted octanol–water partition coefficient (Wildman–Crippen LogP) is 2.77. The molecule has 1 aliphatic rings. The molecule has 1 N–H and O–H groups in total. The van der Waals surface area contributed by atoms with Crippen LogP contribution in [0.15, 0.2) is 27.2 Å². The lowest BCUT2D eigenvalue weighted by Gasteiger charge is -2.19. The minimum absolute atomic E-state index is 0.141. The van der Waals surface area contributed by atoms with Gasteiger partial charge in [-0.2, -0.15) is 4.98 Å². The fourth-order valence-electron chi connectivity index (χ4n) is 2.42. The highest BCUT2D eigenvalue weighted by atomic mass is 79.9. The van der Waals surface area contributed by atoms with Crippen molar-refractivity contribution in [3.8, 4) is 0 Å². The molecule has 0 radical (unpaired) electrons. The van der Waals surface area contributed by atoms with E-state index in [1.807, 2.05) is 6.07 Å². The number of nitrogens with one attached hydrogen (secondary N) is 1. The summed E-state index contributed by atoms with van der Waals surface area (Å²) in [6, 6.07) is 6.21. The number of aromatic nitrogens is 2. The van der Waals surface area contributed by atoms with Crippen LogP contribution in [0, 0.1) is 6.92 Å². The number of hydrogen-bond donors (Lipinski definition) is 1. The first-order valence-electron chi connectivity index (χ1n) is 6.75. The first kappa shape index (κ1) is 14.1. The third kappa shape index (κ3) is 3.24. The molecule has 0 bridgehead atoms. The highest BCUT2D eigenvalue weighted by molar-refractivity contribution is 9.10. The summed E-state index contributed by atoms with van der Waals surface area (Å²) in [5.41, 5.74) is 2.58. The third-order valence-corrected chi connectivity index (χ3v) is 3.99. The quantitative estimate of drug-likeness (QED) is 0.858. The van der Waals surface area contributed by atoms with E-state index in [9.17, 15) is 4.79 Å². The molecule has 0 fully saturated rings. The summed E-state index contributed by atoms with van der Waals surface area (Å²) in [4.78, 5) is 18.0. The lowest BCUT2D eigenvalue weighted by Crippen LogP contribution is -2.36. The van der Waals surface area contributed by atoms with Gasteiger partial charge in [-0.3, -0.25) is 5.32 Å². The maximum absolute atomic E-state index is 12.2. The van der Waals surface area contributed by atoms with Gasteiger partial charge < -0.3 is 9.42 Å². The Balaban J connectivity index is 1.67. The lowest BCUT2D eigenvalue weighted by molar-refractivity contribution is 0.213. The molecule has 0 atom stereocenters. The van der Waals surface area contributed by atoms with E-state index in [0.717, 1.165) is 17.3 Å². The maximum atomic E-state index is 12.2. The Kier molecular flexibility index (Phi) is 3.92. The van der Waals surface area contributed by atoms with E-state index >= 15 is 0 Å². The Morgan fingerprint density at radius 2 is 2.10 bits per heavy atom. The summed E-state index contributed by atoms with van der Waals surface area (Å²) in [6.07, 6.45) is 1.68. The standard InChI is InChI=1S/C14H15BrN4O2/c1-9-16-13(21-18-9)17-14(20)19-6-4-10-2-3-12(15)8-11(10)5-7-19/h2-3,8H,4-7H2,1H3,(H,16,17,18,20). The summed E-state index contributed by atoms with van der Waals surface area (Å²) < 4.78 is 5.98. The Labute approximate surface area is 130 Å². The number of fused-ring (bicyclic) bond motifs is 1. The van der Waals surface area contributed by atoms with Crippen molar-refractivity contribution < 1.29 is 9.32 Å². The smallest absolute Gasteiger partial charge is 0.324 e. The van der Waals surface area contributed by atoms with E-state index in [1.54, 1.807) is 11.8 Å². The number of nitrogens with zero attached hydrogens (tertiary/aromatic N) is 3. The molecule has 0 saturated carbocycles. The van der Waals surface area contributed by atoms with Gasteiger partial charge in [0, 0.05) is 17.6 Å². The Bertz CT molecular complexity index is 671. The van der Waals surface area contributed by atoms with Gasteiger partial charge in [0.25, 0.3) is 0 Å². The molecule has 0 spiro atoms. The SMILES string of the molecule is Cc1noc(NC(=O)N2CCc3ccc(Br)cc3CC2)n1. The van der Waals surface area contributed by atoms with Gasteiger partial charge in [0.05, 0.1) is 0 Å². The number of halogens is 1. The predicted molar refractivity (Wildman–Crippen MR) is 81.2 cm³/mol. The summed E-state index contributed by atoms with van der Waals surface area (Å²) in [5.74, 6) is 0.499. The van der Waals surface area contributed by atoms with Gasteiger partial charge in [0.1, 0.15) is 0 Å². The zero-order valence-electron chi connectivity index (χ0n) is 11.6. The lowest BCUT2D eigenvalue weighted by atomic mass is 10.0. The number of anilines is 1. The van der Waals surface area contributed by atoms with E-state index < -0.39 is 0 Å². The molecule has 1 aromatic carbocycles. The van der Waals surface area contributed by atoms with Crippen molar-refractivity contribution in [2.45, 2.75) is 19.8 Å². The van der Waals surface area contributed by atoms with E-state index in [4.69, 9.17) is 4.52 Å². The van der Waals surface area contributed by atoms with Crippen LogP contribution in [0.1, 0.15) is 17.0 Å². The van der Waals surface area contributed by atoms with Crippen LogP contribution in [0.2, 0.25) is 0 Å². The summed E-state index contributed by atoms with van der Waals surface area (Å²) in [5, 5.41) is 6.29. The maximum Gasteiger partial charge on any atom is 0.329 e. The number of carbonyl (C=O) groups excluding carboxylic acids is 1. The van der Waals surface area contributed by atoms with Crippen molar-refractivity contribution in [2.75, 3.05) is 18.4 Å².